The summed E-state index contributed by atoms with van der Waals surface area (Å²) < 4.78 is 47.6. The van der Waals surface area contributed by atoms with Crippen molar-refractivity contribution in [3.05, 3.63) is 63.5 Å². The van der Waals surface area contributed by atoms with E-state index in [0.717, 1.165) is 33.4 Å². The van der Waals surface area contributed by atoms with Crippen molar-refractivity contribution in [1.29, 1.82) is 0 Å². The van der Waals surface area contributed by atoms with Gasteiger partial charge in [-0.05, 0) is 80.1 Å². The van der Waals surface area contributed by atoms with Gasteiger partial charge in [-0.1, -0.05) is 12.1 Å². The van der Waals surface area contributed by atoms with E-state index < -0.39 is 10.0 Å². The van der Waals surface area contributed by atoms with Crippen LogP contribution >= 0.6 is 0 Å². The van der Waals surface area contributed by atoms with Gasteiger partial charge >= 0.3 is 0 Å². The third kappa shape index (κ3) is 5.03. The first-order valence-corrected chi connectivity index (χ1v) is 12.2. The van der Waals surface area contributed by atoms with Crippen LogP contribution in [0.4, 0.5) is 4.39 Å². The predicted octanol–water partition coefficient (Wildman–Crippen LogP) is 3.64. The Kier molecular flexibility index (Phi) is 7.37. The van der Waals surface area contributed by atoms with E-state index in [-0.39, 0.29) is 30.8 Å². The Morgan fingerprint density at radius 1 is 1.03 bits per heavy atom. The van der Waals surface area contributed by atoms with Crippen molar-refractivity contribution in [2.24, 2.45) is 0 Å². The molecule has 8 heteroatoms. The van der Waals surface area contributed by atoms with Crippen molar-refractivity contribution in [3.8, 4) is 0 Å². The van der Waals surface area contributed by atoms with Crippen LogP contribution in [0.1, 0.15) is 45.9 Å². The minimum atomic E-state index is -3.75. The molecule has 0 radical (unpaired) electrons. The molecule has 0 aliphatic carbocycles. The number of benzene rings is 2. The first-order chi connectivity index (χ1) is 15.0. The molecule has 1 unspecified atom stereocenters. The highest BCUT2D eigenvalue weighted by Gasteiger charge is 2.27. The van der Waals surface area contributed by atoms with E-state index >= 15 is 0 Å². The summed E-state index contributed by atoms with van der Waals surface area (Å²) >= 11 is 0. The molecule has 1 aliphatic heterocycles. The minimum Gasteiger partial charge on any atom is -0.370 e. The molecule has 3 rings (SSSR count). The Bertz CT molecular complexity index is 1080. The van der Waals surface area contributed by atoms with Gasteiger partial charge in [0, 0.05) is 19.5 Å². The molecule has 1 N–H and O–H groups in total. The second-order valence-electron chi connectivity index (χ2n) is 8.35. The number of carbonyl (C=O) groups is 1. The van der Waals surface area contributed by atoms with E-state index in [4.69, 9.17) is 4.74 Å². The van der Waals surface area contributed by atoms with E-state index in [2.05, 4.69) is 4.72 Å². The summed E-state index contributed by atoms with van der Waals surface area (Å²) in [4.78, 5) is 14.7. The molecule has 0 aromatic heterocycles. The maximum Gasteiger partial charge on any atom is 0.241 e. The number of nitrogens with one attached hydrogen (secondary N) is 1. The van der Waals surface area contributed by atoms with Gasteiger partial charge in [-0.15, -0.1) is 0 Å². The SMILES string of the molecule is Cc1c(C)c(C)c(S(=O)(=O)NCCC(=O)N2CCOC(c3ccc(F)cc3)C2)c(C)c1C. The van der Waals surface area contributed by atoms with E-state index in [1.807, 2.05) is 34.6 Å². The predicted molar refractivity (Wildman–Crippen MR) is 122 cm³/mol. The van der Waals surface area contributed by atoms with Crippen LogP contribution in [0.2, 0.25) is 0 Å². The molecule has 0 spiro atoms. The molecule has 1 fully saturated rings. The van der Waals surface area contributed by atoms with Gasteiger partial charge in [0.2, 0.25) is 15.9 Å². The lowest BCUT2D eigenvalue weighted by Crippen LogP contribution is -2.43. The summed E-state index contributed by atoms with van der Waals surface area (Å²) in [7, 11) is -3.75. The number of hydrogen-bond donors (Lipinski definition) is 1. The van der Waals surface area contributed by atoms with E-state index in [1.54, 1.807) is 17.0 Å². The third-order valence-corrected chi connectivity index (χ3v) is 8.23. The quantitative estimate of drug-likeness (QED) is 0.711. The topological polar surface area (TPSA) is 75.7 Å². The van der Waals surface area contributed by atoms with E-state index in [9.17, 15) is 17.6 Å². The zero-order chi connectivity index (χ0) is 23.6. The van der Waals surface area contributed by atoms with Crippen LogP contribution in [0.25, 0.3) is 0 Å². The van der Waals surface area contributed by atoms with Crippen molar-refractivity contribution < 1.29 is 22.3 Å². The molecule has 2 aromatic carbocycles. The second kappa shape index (κ2) is 9.68. The molecule has 1 heterocycles. The fourth-order valence-electron chi connectivity index (χ4n) is 4.15. The molecule has 1 atom stereocenters. The molecule has 0 saturated carbocycles. The van der Waals surface area contributed by atoms with Gasteiger partial charge in [0.15, 0.2) is 0 Å². The lowest BCUT2D eigenvalue weighted by Gasteiger charge is -2.33. The van der Waals surface area contributed by atoms with Gasteiger partial charge in [0.1, 0.15) is 11.9 Å². The van der Waals surface area contributed by atoms with Gasteiger partial charge < -0.3 is 9.64 Å². The molecular weight excluding hydrogens is 431 g/mol. The Balaban J connectivity index is 1.64. The monoisotopic (exact) mass is 462 g/mol. The van der Waals surface area contributed by atoms with Crippen LogP contribution in [0.5, 0.6) is 0 Å². The summed E-state index contributed by atoms with van der Waals surface area (Å²) in [5.41, 5.74) is 5.30. The van der Waals surface area contributed by atoms with E-state index in [1.165, 1.54) is 12.1 Å². The van der Waals surface area contributed by atoms with Crippen molar-refractivity contribution >= 4 is 15.9 Å². The molecule has 1 amide bonds. The summed E-state index contributed by atoms with van der Waals surface area (Å²) in [6, 6.07) is 6.04. The van der Waals surface area contributed by atoms with Crippen molar-refractivity contribution in [3.63, 3.8) is 0 Å². The van der Waals surface area contributed by atoms with Gasteiger partial charge in [-0.3, -0.25) is 4.79 Å². The molecule has 32 heavy (non-hydrogen) atoms. The first-order valence-electron chi connectivity index (χ1n) is 10.7. The Labute approximate surface area is 189 Å². The number of morpholine rings is 1. The third-order valence-electron chi connectivity index (χ3n) is 6.49. The lowest BCUT2D eigenvalue weighted by molar-refractivity contribution is -0.138. The van der Waals surface area contributed by atoms with Crippen LogP contribution in [-0.4, -0.2) is 45.5 Å². The summed E-state index contributed by atoms with van der Waals surface area (Å²) in [5.74, 6) is -0.470. The number of halogens is 1. The number of nitrogens with zero attached hydrogens (tertiary/aromatic N) is 1. The summed E-state index contributed by atoms with van der Waals surface area (Å²) in [6.45, 7) is 10.7. The van der Waals surface area contributed by atoms with Crippen LogP contribution in [0.3, 0.4) is 0 Å². The minimum absolute atomic E-state index is 0.0184. The first kappa shape index (κ1) is 24.4. The molecule has 1 aliphatic rings. The van der Waals surface area contributed by atoms with Crippen molar-refractivity contribution in [1.82, 2.24) is 9.62 Å². The van der Waals surface area contributed by atoms with Crippen molar-refractivity contribution in [2.45, 2.75) is 52.0 Å². The lowest BCUT2D eigenvalue weighted by atomic mass is 9.95. The number of sulfonamides is 1. The summed E-state index contributed by atoms with van der Waals surface area (Å²) in [5, 5.41) is 0. The highest BCUT2D eigenvalue weighted by Crippen LogP contribution is 2.29. The van der Waals surface area contributed by atoms with Crippen LogP contribution in [-0.2, 0) is 19.6 Å². The Morgan fingerprint density at radius 2 is 1.59 bits per heavy atom. The number of carbonyl (C=O) groups excluding carboxylic acids is 1. The Hall–Kier alpha value is -2.29. The largest absolute Gasteiger partial charge is 0.370 e. The maximum absolute atomic E-state index is 13.2. The number of amides is 1. The molecule has 0 bridgehead atoms. The number of rotatable bonds is 6. The normalized spacial score (nSPS) is 16.9. The number of ether oxygens (including phenoxy) is 1. The smallest absolute Gasteiger partial charge is 0.241 e. The average Bonchev–Trinajstić information content (AvgIpc) is 2.76. The van der Waals surface area contributed by atoms with Crippen molar-refractivity contribution in [2.75, 3.05) is 26.2 Å². The molecule has 174 valence electrons. The molecule has 2 aromatic rings. The van der Waals surface area contributed by atoms with E-state index in [0.29, 0.717) is 24.6 Å². The highest BCUT2D eigenvalue weighted by molar-refractivity contribution is 7.89. The fraction of sp³-hybridized carbons (Fsp3) is 0.458. The van der Waals surface area contributed by atoms with Gasteiger partial charge in [-0.25, -0.2) is 17.5 Å². The fourth-order valence-corrected chi connectivity index (χ4v) is 5.77. The molecule has 1 saturated heterocycles. The van der Waals surface area contributed by atoms with Gasteiger partial charge in [-0.2, -0.15) is 0 Å². The summed E-state index contributed by atoms with van der Waals surface area (Å²) in [6.07, 6.45) is -0.272. The highest BCUT2D eigenvalue weighted by atomic mass is 32.2. The zero-order valence-corrected chi connectivity index (χ0v) is 20.1. The maximum atomic E-state index is 13.2. The van der Waals surface area contributed by atoms with Crippen LogP contribution < -0.4 is 4.72 Å². The Morgan fingerprint density at radius 3 is 2.19 bits per heavy atom. The van der Waals surface area contributed by atoms with Crippen LogP contribution in [0, 0.1) is 40.4 Å². The molecular formula is C24H31FN2O4S. The van der Waals surface area contributed by atoms with Gasteiger partial charge in [0.05, 0.1) is 18.0 Å². The zero-order valence-electron chi connectivity index (χ0n) is 19.3. The average molecular weight is 463 g/mol. The van der Waals surface area contributed by atoms with Gasteiger partial charge in [0.25, 0.3) is 0 Å². The molecule has 6 nitrogen and oxygen atoms in total. The van der Waals surface area contributed by atoms with Crippen LogP contribution in [0.15, 0.2) is 29.2 Å². The number of hydrogen-bond acceptors (Lipinski definition) is 4. The second-order valence-corrected chi connectivity index (χ2v) is 10.1. The standard InChI is InChI=1S/C24H31FN2O4S/c1-15-16(2)18(4)24(19(5)17(15)3)32(29,30)26-11-10-23(28)27-12-13-31-22(14-27)20-6-8-21(25)9-7-20/h6-9,22,26H,10-14H2,1-5H3.